The van der Waals surface area contributed by atoms with E-state index in [1.807, 2.05) is 5.32 Å². The molecule has 0 aliphatic heterocycles. The van der Waals surface area contributed by atoms with E-state index in [2.05, 4.69) is 8.92 Å². The molecule has 0 heterocycles. The lowest BCUT2D eigenvalue weighted by atomic mass is 10.3. The minimum atomic E-state index is -3.36. The molecule has 1 aromatic carbocycles. The van der Waals surface area contributed by atoms with Gasteiger partial charge in [0, 0.05) is 12.3 Å². The van der Waals surface area contributed by atoms with Gasteiger partial charge in [-0.25, -0.2) is 22.4 Å². The average Bonchev–Trinajstić information content (AvgIpc) is 2.38. The van der Waals surface area contributed by atoms with Crippen LogP contribution < -0.4 is 5.32 Å². The number of nitrogens with one attached hydrogen (secondary N) is 1. The lowest BCUT2D eigenvalue weighted by molar-refractivity contribution is -0.0775. The zero-order chi connectivity index (χ0) is 15.2. The number of carbonyl (C=O) groups excluding carboxylic acids is 1. The molecule has 0 aliphatic rings. The first-order valence-corrected chi connectivity index (χ1v) is 6.41. The van der Waals surface area contributed by atoms with E-state index in [1.54, 1.807) is 0 Å². The van der Waals surface area contributed by atoms with E-state index in [4.69, 9.17) is 0 Å². The number of halogens is 4. The van der Waals surface area contributed by atoms with Crippen LogP contribution in [0.25, 0.3) is 0 Å². The molecule has 112 valence electrons. The molecule has 0 fully saturated rings. The van der Waals surface area contributed by atoms with Crippen molar-refractivity contribution in [1.29, 1.82) is 0 Å². The number of amides is 1. The second-order valence-corrected chi connectivity index (χ2v) is 4.18. The Kier molecular flexibility index (Phi) is 6.08. The summed E-state index contributed by atoms with van der Waals surface area (Å²) < 4.78 is 60.6. The van der Waals surface area contributed by atoms with Gasteiger partial charge in [0.05, 0.1) is 5.69 Å². The van der Waals surface area contributed by atoms with Crippen molar-refractivity contribution in [1.82, 2.24) is 0 Å². The summed E-state index contributed by atoms with van der Waals surface area (Å²) in [5.74, 6) is -5.23. The molecule has 1 amide bonds. The van der Waals surface area contributed by atoms with Crippen LogP contribution in [0.15, 0.2) is 18.2 Å². The number of alkyl halides is 2. The van der Waals surface area contributed by atoms with E-state index in [-0.39, 0.29) is 5.69 Å². The quantitative estimate of drug-likeness (QED) is 0.645. The lowest BCUT2D eigenvalue weighted by Gasteiger charge is -2.15. The second kappa shape index (κ2) is 7.34. The van der Waals surface area contributed by atoms with Crippen LogP contribution in [0.5, 0.6) is 0 Å². The maximum Gasteiger partial charge on any atom is 0.411 e. The number of anilines is 1. The fraction of sp³-hybridized carbons (Fsp3) is 0.364. The summed E-state index contributed by atoms with van der Waals surface area (Å²) in [6.07, 6.45) is 0.181. The minimum Gasteiger partial charge on any atom is -0.443 e. The van der Waals surface area contributed by atoms with Gasteiger partial charge in [0.2, 0.25) is 0 Å². The Morgan fingerprint density at radius 1 is 1.35 bits per heavy atom. The Labute approximate surface area is 116 Å². The van der Waals surface area contributed by atoms with Crippen molar-refractivity contribution >= 4 is 23.8 Å². The largest absolute Gasteiger partial charge is 0.443 e. The number of ether oxygens (including phenoxy) is 1. The number of benzene rings is 1. The van der Waals surface area contributed by atoms with Crippen LogP contribution in [0, 0.1) is 11.6 Å². The fourth-order valence-electron chi connectivity index (χ4n) is 1.09. The van der Waals surface area contributed by atoms with Gasteiger partial charge < -0.3 is 8.92 Å². The maximum absolute atomic E-state index is 13.2. The van der Waals surface area contributed by atoms with Gasteiger partial charge in [0.1, 0.15) is 18.2 Å². The van der Waals surface area contributed by atoms with Gasteiger partial charge in [-0.2, -0.15) is 0 Å². The Hall–Kier alpha value is -1.48. The van der Waals surface area contributed by atoms with Crippen molar-refractivity contribution in [2.45, 2.75) is 5.92 Å². The van der Waals surface area contributed by atoms with Crippen molar-refractivity contribution in [3.8, 4) is 0 Å². The van der Waals surface area contributed by atoms with Gasteiger partial charge in [-0.05, 0) is 24.2 Å². The van der Waals surface area contributed by atoms with E-state index in [0.717, 1.165) is 24.2 Å². The molecular formula is C11H11F4NO3S. The van der Waals surface area contributed by atoms with E-state index in [0.29, 0.717) is 6.07 Å². The first-order valence-electron chi connectivity index (χ1n) is 5.26. The summed E-state index contributed by atoms with van der Waals surface area (Å²) in [6, 6.07) is 2.39. The third-order valence-corrected chi connectivity index (χ3v) is 2.32. The number of carbonyl (C=O) groups is 1. The predicted molar refractivity (Wildman–Crippen MR) is 65.7 cm³/mol. The van der Waals surface area contributed by atoms with E-state index in [9.17, 15) is 22.4 Å². The number of hydrogen-bond donors (Lipinski definition) is 1. The summed E-state index contributed by atoms with van der Waals surface area (Å²) in [5, 5.41) is 1.88. The first-order chi connectivity index (χ1) is 9.34. The van der Waals surface area contributed by atoms with Gasteiger partial charge in [0.25, 0.3) is 0 Å². The summed E-state index contributed by atoms with van der Waals surface area (Å²) in [7, 11) is 0. The SMILES string of the molecule is CSOCC(F)(F)COC(=O)Nc1ccc(F)cc1F. The monoisotopic (exact) mass is 313 g/mol. The molecule has 0 aliphatic carbocycles. The molecule has 0 aromatic heterocycles. The van der Waals surface area contributed by atoms with Crippen molar-refractivity contribution < 1.29 is 31.3 Å². The van der Waals surface area contributed by atoms with E-state index < -0.39 is 36.9 Å². The summed E-state index contributed by atoms with van der Waals surface area (Å²) in [4.78, 5) is 11.2. The van der Waals surface area contributed by atoms with Gasteiger partial charge >= 0.3 is 12.0 Å². The zero-order valence-electron chi connectivity index (χ0n) is 10.3. The summed E-state index contributed by atoms with van der Waals surface area (Å²) >= 11 is 0.747. The topological polar surface area (TPSA) is 47.6 Å². The van der Waals surface area contributed by atoms with Crippen LogP contribution in [0.1, 0.15) is 0 Å². The molecule has 20 heavy (non-hydrogen) atoms. The van der Waals surface area contributed by atoms with Gasteiger partial charge in [-0.3, -0.25) is 5.32 Å². The molecule has 0 atom stereocenters. The van der Waals surface area contributed by atoms with Crippen molar-refractivity contribution in [3.05, 3.63) is 29.8 Å². The van der Waals surface area contributed by atoms with Crippen LogP contribution in [-0.4, -0.2) is 31.5 Å². The molecule has 1 aromatic rings. The predicted octanol–water partition coefficient (Wildman–Crippen LogP) is 3.44. The van der Waals surface area contributed by atoms with Crippen LogP contribution in [0.4, 0.5) is 28.0 Å². The normalized spacial score (nSPS) is 11.2. The molecule has 4 nitrogen and oxygen atoms in total. The number of hydrogen-bond acceptors (Lipinski definition) is 4. The Morgan fingerprint density at radius 2 is 2.05 bits per heavy atom. The molecule has 0 bridgehead atoms. The standard InChI is InChI=1S/C11H11F4NO3S/c1-20-19-6-11(14,15)5-18-10(17)16-9-3-2-7(12)4-8(9)13/h2-4H,5-6H2,1H3,(H,16,17). The minimum absolute atomic E-state index is 0.375. The van der Waals surface area contributed by atoms with Crippen LogP contribution in [0.3, 0.4) is 0 Å². The molecule has 0 radical (unpaired) electrons. The third kappa shape index (κ3) is 5.66. The Morgan fingerprint density at radius 3 is 2.65 bits per heavy atom. The molecule has 0 saturated carbocycles. The zero-order valence-corrected chi connectivity index (χ0v) is 11.1. The average molecular weight is 313 g/mol. The lowest BCUT2D eigenvalue weighted by Crippen LogP contribution is -2.31. The fourth-order valence-corrected chi connectivity index (χ4v) is 1.39. The molecule has 1 rings (SSSR count). The summed E-state index contributed by atoms with van der Waals surface area (Å²) in [5.41, 5.74) is -0.375. The van der Waals surface area contributed by atoms with Crippen molar-refractivity contribution in [3.63, 3.8) is 0 Å². The van der Waals surface area contributed by atoms with Gasteiger partial charge in [-0.1, -0.05) is 0 Å². The highest BCUT2D eigenvalue weighted by molar-refractivity contribution is 7.93. The molecular weight excluding hydrogens is 302 g/mol. The maximum atomic E-state index is 13.2. The molecule has 0 saturated heterocycles. The van der Waals surface area contributed by atoms with Crippen LogP contribution in [-0.2, 0) is 8.92 Å². The van der Waals surface area contributed by atoms with Crippen LogP contribution >= 0.6 is 12.0 Å². The Bertz CT molecular complexity index is 473. The van der Waals surface area contributed by atoms with E-state index >= 15 is 0 Å². The molecule has 0 spiro atoms. The van der Waals surface area contributed by atoms with Crippen molar-refractivity contribution in [2.24, 2.45) is 0 Å². The number of rotatable bonds is 6. The highest BCUT2D eigenvalue weighted by atomic mass is 32.2. The van der Waals surface area contributed by atoms with Gasteiger partial charge in [-0.15, -0.1) is 0 Å². The summed E-state index contributed by atoms with van der Waals surface area (Å²) in [6.45, 7) is -2.14. The molecule has 9 heteroatoms. The third-order valence-electron chi connectivity index (χ3n) is 1.97. The van der Waals surface area contributed by atoms with Crippen LogP contribution in [0.2, 0.25) is 0 Å². The smallest absolute Gasteiger partial charge is 0.411 e. The van der Waals surface area contributed by atoms with E-state index in [1.165, 1.54) is 6.26 Å². The highest BCUT2D eigenvalue weighted by Gasteiger charge is 2.31. The second-order valence-electron chi connectivity index (χ2n) is 3.61. The Balaban J connectivity index is 2.47. The van der Waals surface area contributed by atoms with Gasteiger partial charge in [0.15, 0.2) is 6.61 Å². The first kappa shape index (κ1) is 16.6. The molecule has 0 unspecified atom stereocenters. The molecule has 1 N–H and O–H groups in total. The van der Waals surface area contributed by atoms with Crippen molar-refractivity contribution in [2.75, 3.05) is 24.8 Å². The highest BCUT2D eigenvalue weighted by Crippen LogP contribution is 2.18.